The molecule has 0 saturated heterocycles. The molecule has 0 aliphatic carbocycles. The van der Waals surface area contributed by atoms with Gasteiger partial charge in [-0.3, -0.25) is 9.63 Å². The van der Waals surface area contributed by atoms with Gasteiger partial charge in [0.25, 0.3) is 0 Å². The van der Waals surface area contributed by atoms with E-state index in [0.717, 1.165) is 11.1 Å². The lowest BCUT2D eigenvalue weighted by Gasteiger charge is -2.17. The van der Waals surface area contributed by atoms with Crippen molar-refractivity contribution in [2.24, 2.45) is 0 Å². The van der Waals surface area contributed by atoms with Crippen LogP contribution in [0.4, 0.5) is 0 Å². The molecule has 1 unspecified atom stereocenters. The van der Waals surface area contributed by atoms with Crippen LogP contribution in [0.2, 0.25) is 0 Å². The molecule has 0 aliphatic heterocycles. The summed E-state index contributed by atoms with van der Waals surface area (Å²) in [7, 11) is 1.45. The van der Waals surface area contributed by atoms with Crippen molar-refractivity contribution in [3.8, 4) is 0 Å². The van der Waals surface area contributed by atoms with Gasteiger partial charge in [0.1, 0.15) is 0 Å². The third-order valence-electron chi connectivity index (χ3n) is 3.29. The van der Waals surface area contributed by atoms with Crippen LogP contribution in [0.1, 0.15) is 29.0 Å². The third-order valence-corrected chi connectivity index (χ3v) is 3.29. The highest BCUT2D eigenvalue weighted by atomic mass is 16.6. The number of hydrogen-bond acceptors (Lipinski definition) is 2. The average Bonchev–Trinajstić information content (AvgIpc) is 2.47. The lowest BCUT2D eigenvalue weighted by atomic mass is 9.88. The van der Waals surface area contributed by atoms with Crippen LogP contribution in [0.15, 0.2) is 54.6 Å². The van der Waals surface area contributed by atoms with Crippen molar-refractivity contribution in [1.82, 2.24) is 5.48 Å². The van der Waals surface area contributed by atoms with E-state index in [1.165, 1.54) is 12.7 Å². The summed E-state index contributed by atoms with van der Waals surface area (Å²) in [6, 6.07) is 18.3. The number of hydrogen-bond donors (Lipinski definition) is 1. The monoisotopic (exact) mass is 269 g/mol. The Balaban J connectivity index is 2.29. The fourth-order valence-corrected chi connectivity index (χ4v) is 2.25. The van der Waals surface area contributed by atoms with E-state index >= 15 is 0 Å². The molecule has 20 heavy (non-hydrogen) atoms. The molecule has 0 radical (unpaired) electrons. The molecule has 104 valence electrons. The molecule has 3 heteroatoms. The quantitative estimate of drug-likeness (QED) is 0.847. The summed E-state index contributed by atoms with van der Waals surface area (Å²) >= 11 is 0. The summed E-state index contributed by atoms with van der Waals surface area (Å²) in [6.45, 7) is 2.05. The van der Waals surface area contributed by atoms with Crippen LogP contribution < -0.4 is 5.48 Å². The topological polar surface area (TPSA) is 38.3 Å². The van der Waals surface area contributed by atoms with E-state index in [0.29, 0.717) is 6.42 Å². The minimum atomic E-state index is -0.123. The zero-order valence-electron chi connectivity index (χ0n) is 11.8. The second-order valence-corrected chi connectivity index (χ2v) is 4.81. The molecule has 2 rings (SSSR count). The van der Waals surface area contributed by atoms with Gasteiger partial charge in [0.05, 0.1) is 7.11 Å². The Bertz CT molecular complexity index is 549. The molecule has 3 nitrogen and oxygen atoms in total. The van der Waals surface area contributed by atoms with E-state index in [2.05, 4.69) is 36.7 Å². The zero-order valence-corrected chi connectivity index (χ0v) is 11.8. The van der Waals surface area contributed by atoms with Gasteiger partial charge < -0.3 is 0 Å². The maximum absolute atomic E-state index is 11.8. The summed E-state index contributed by atoms with van der Waals surface area (Å²) in [4.78, 5) is 16.5. The van der Waals surface area contributed by atoms with Gasteiger partial charge >= 0.3 is 0 Å². The molecule has 2 aromatic carbocycles. The van der Waals surface area contributed by atoms with Crippen molar-refractivity contribution in [1.29, 1.82) is 0 Å². The Labute approximate surface area is 119 Å². The fraction of sp³-hybridized carbons (Fsp3) is 0.235. The van der Waals surface area contributed by atoms with Gasteiger partial charge in [-0.2, -0.15) is 0 Å². The summed E-state index contributed by atoms with van der Waals surface area (Å²) in [5.74, 6) is -0.0890. The van der Waals surface area contributed by atoms with Crippen LogP contribution in [0.5, 0.6) is 0 Å². The largest absolute Gasteiger partial charge is 0.277 e. The zero-order chi connectivity index (χ0) is 14.4. The van der Waals surface area contributed by atoms with Gasteiger partial charge in [-0.15, -0.1) is 0 Å². The molecule has 1 atom stereocenters. The van der Waals surface area contributed by atoms with Crippen molar-refractivity contribution in [2.75, 3.05) is 7.11 Å². The average molecular weight is 269 g/mol. The molecule has 1 amide bonds. The SMILES string of the molecule is CONC(=O)CC(c1ccccc1)c1ccc(C)cc1. The predicted octanol–water partition coefficient (Wildman–Crippen LogP) is 3.19. The number of carbonyl (C=O) groups excluding carboxylic acids is 1. The van der Waals surface area contributed by atoms with E-state index in [9.17, 15) is 4.79 Å². The second-order valence-electron chi connectivity index (χ2n) is 4.81. The smallest absolute Gasteiger partial charge is 0.244 e. The van der Waals surface area contributed by atoms with Gasteiger partial charge in [0, 0.05) is 12.3 Å². The van der Waals surface area contributed by atoms with Crippen LogP contribution in [0, 0.1) is 6.92 Å². The lowest BCUT2D eigenvalue weighted by molar-refractivity contribution is -0.131. The highest BCUT2D eigenvalue weighted by Gasteiger charge is 2.17. The molecule has 0 saturated carbocycles. The molecule has 1 N–H and O–H groups in total. The third kappa shape index (κ3) is 3.68. The Morgan fingerprint density at radius 1 is 1.05 bits per heavy atom. The first kappa shape index (κ1) is 14.3. The Morgan fingerprint density at radius 2 is 1.65 bits per heavy atom. The van der Waals surface area contributed by atoms with Crippen LogP contribution in [-0.2, 0) is 9.63 Å². The molecule has 0 bridgehead atoms. The van der Waals surface area contributed by atoms with Gasteiger partial charge in [-0.25, -0.2) is 5.48 Å². The van der Waals surface area contributed by atoms with Crippen LogP contribution in [0.25, 0.3) is 0 Å². The molecule has 0 aliphatic rings. The number of benzene rings is 2. The van der Waals surface area contributed by atoms with E-state index < -0.39 is 0 Å². The first-order chi connectivity index (χ1) is 9.70. The first-order valence-electron chi connectivity index (χ1n) is 6.64. The number of amides is 1. The van der Waals surface area contributed by atoms with Crippen LogP contribution in [-0.4, -0.2) is 13.0 Å². The van der Waals surface area contributed by atoms with E-state index in [1.807, 2.05) is 30.3 Å². The highest BCUT2D eigenvalue weighted by Crippen LogP contribution is 2.28. The van der Waals surface area contributed by atoms with Gasteiger partial charge in [0.2, 0.25) is 5.91 Å². The number of nitrogens with one attached hydrogen (secondary N) is 1. The predicted molar refractivity (Wildman–Crippen MR) is 79.2 cm³/mol. The number of hydroxylamine groups is 1. The summed E-state index contributed by atoms with van der Waals surface area (Å²) in [6.07, 6.45) is 0.362. The van der Waals surface area contributed by atoms with E-state index in [1.54, 1.807) is 0 Å². The molecule has 2 aromatic rings. The summed E-state index contributed by atoms with van der Waals surface area (Å²) in [5, 5.41) is 0. The summed E-state index contributed by atoms with van der Waals surface area (Å²) < 4.78 is 0. The van der Waals surface area contributed by atoms with E-state index in [-0.39, 0.29) is 11.8 Å². The molecular formula is C17H19NO2. The summed E-state index contributed by atoms with van der Waals surface area (Å²) in [5.41, 5.74) is 5.86. The van der Waals surface area contributed by atoms with Crippen molar-refractivity contribution >= 4 is 5.91 Å². The molecule has 0 aromatic heterocycles. The Morgan fingerprint density at radius 3 is 2.25 bits per heavy atom. The fourth-order valence-electron chi connectivity index (χ4n) is 2.25. The van der Waals surface area contributed by atoms with Crippen molar-refractivity contribution in [3.05, 3.63) is 71.3 Å². The molecule has 0 fully saturated rings. The van der Waals surface area contributed by atoms with Crippen LogP contribution in [0.3, 0.4) is 0 Å². The van der Waals surface area contributed by atoms with Crippen LogP contribution >= 0.6 is 0 Å². The lowest BCUT2D eigenvalue weighted by Crippen LogP contribution is -2.24. The van der Waals surface area contributed by atoms with Crippen molar-refractivity contribution < 1.29 is 9.63 Å². The Hall–Kier alpha value is -2.13. The molecule has 0 heterocycles. The maximum atomic E-state index is 11.8. The van der Waals surface area contributed by atoms with Gasteiger partial charge in [-0.05, 0) is 18.1 Å². The van der Waals surface area contributed by atoms with Crippen molar-refractivity contribution in [2.45, 2.75) is 19.3 Å². The normalized spacial score (nSPS) is 11.9. The first-order valence-corrected chi connectivity index (χ1v) is 6.64. The Kier molecular flexibility index (Phi) is 4.91. The number of rotatable bonds is 5. The molecule has 0 spiro atoms. The minimum Gasteiger partial charge on any atom is -0.277 e. The minimum absolute atomic E-state index is 0.0342. The highest BCUT2D eigenvalue weighted by molar-refractivity contribution is 5.76. The second kappa shape index (κ2) is 6.87. The van der Waals surface area contributed by atoms with Gasteiger partial charge in [-0.1, -0.05) is 60.2 Å². The van der Waals surface area contributed by atoms with Gasteiger partial charge in [0.15, 0.2) is 0 Å². The van der Waals surface area contributed by atoms with Crippen molar-refractivity contribution in [3.63, 3.8) is 0 Å². The number of carbonyl (C=O) groups is 1. The number of aryl methyl sites for hydroxylation is 1. The van der Waals surface area contributed by atoms with E-state index in [4.69, 9.17) is 4.84 Å². The standard InChI is InChI=1S/C17H19NO2/c1-13-8-10-15(11-9-13)16(12-17(19)18-20-2)14-6-4-3-5-7-14/h3-11,16H,12H2,1-2H3,(H,18,19). The molecular weight excluding hydrogens is 250 g/mol. The maximum Gasteiger partial charge on any atom is 0.244 e.